The smallest absolute Gasteiger partial charge is 0.226 e. The number of amides is 1. The molecule has 0 aromatic heterocycles. The molecule has 0 radical (unpaired) electrons. The summed E-state index contributed by atoms with van der Waals surface area (Å²) in [5, 5.41) is 17.2. The molecule has 0 fully saturated rings. The van der Waals surface area contributed by atoms with Gasteiger partial charge in [0.2, 0.25) is 5.91 Å². The Morgan fingerprint density at radius 3 is 2.80 bits per heavy atom. The Bertz CT molecular complexity index is 154. The monoisotopic (exact) mass is 142 g/mol. The van der Waals surface area contributed by atoms with Crippen LogP contribution in [-0.4, -0.2) is 23.8 Å². The lowest BCUT2D eigenvalue weighted by molar-refractivity contribution is -0.120. The van der Waals surface area contributed by atoms with E-state index in [0.29, 0.717) is 0 Å². The van der Waals surface area contributed by atoms with Gasteiger partial charge in [0.1, 0.15) is 0 Å². The zero-order valence-electron chi connectivity index (χ0n) is 5.55. The molecule has 10 heavy (non-hydrogen) atoms. The van der Waals surface area contributed by atoms with Crippen LogP contribution in [0.3, 0.4) is 0 Å². The van der Waals surface area contributed by atoms with Gasteiger partial charge in [-0.3, -0.25) is 4.79 Å². The van der Waals surface area contributed by atoms with Crippen LogP contribution in [-0.2, 0) is 4.79 Å². The molecule has 4 nitrogen and oxygen atoms in total. The van der Waals surface area contributed by atoms with Gasteiger partial charge in [0, 0.05) is 6.21 Å². The highest BCUT2D eigenvalue weighted by Gasteiger charge is 1.98. The number of aliphatic hydroxyl groups is 1. The molecule has 0 saturated carbocycles. The minimum Gasteiger partial charge on any atom is -0.396 e. The van der Waals surface area contributed by atoms with E-state index >= 15 is 0 Å². The Morgan fingerprint density at radius 2 is 2.40 bits per heavy atom. The van der Waals surface area contributed by atoms with Crippen molar-refractivity contribution in [2.45, 2.75) is 6.42 Å². The van der Waals surface area contributed by atoms with Crippen molar-refractivity contribution in [3.8, 4) is 0 Å². The maximum Gasteiger partial charge on any atom is 0.226 e. The second-order valence-electron chi connectivity index (χ2n) is 1.69. The van der Waals surface area contributed by atoms with E-state index in [2.05, 4.69) is 11.9 Å². The van der Waals surface area contributed by atoms with Crippen molar-refractivity contribution in [2.75, 3.05) is 6.61 Å². The van der Waals surface area contributed by atoms with Gasteiger partial charge in [0.05, 0.1) is 18.7 Å². The zero-order chi connectivity index (χ0) is 7.98. The van der Waals surface area contributed by atoms with Crippen molar-refractivity contribution < 1.29 is 9.90 Å². The van der Waals surface area contributed by atoms with Gasteiger partial charge in [-0.05, 0) is 0 Å². The van der Waals surface area contributed by atoms with Crippen LogP contribution in [0.5, 0.6) is 0 Å². The molecule has 0 aliphatic carbocycles. The summed E-state index contributed by atoms with van der Waals surface area (Å²) in [6, 6.07) is 0. The third-order valence-corrected chi connectivity index (χ3v) is 0.813. The first-order chi connectivity index (χ1) is 4.70. The van der Waals surface area contributed by atoms with Crippen LogP contribution in [0.4, 0.5) is 0 Å². The second-order valence-corrected chi connectivity index (χ2v) is 1.69. The highest BCUT2D eigenvalue weighted by molar-refractivity contribution is 5.86. The molecule has 56 valence electrons. The van der Waals surface area contributed by atoms with E-state index in [1.54, 1.807) is 0 Å². The number of nitrogens with one attached hydrogen (secondary N) is 2. The predicted octanol–water partition coefficient (Wildman–Crippen LogP) is -0.352. The van der Waals surface area contributed by atoms with Crippen LogP contribution in [0.15, 0.2) is 12.3 Å². The van der Waals surface area contributed by atoms with Crippen LogP contribution >= 0.6 is 0 Å². The Balaban J connectivity index is 3.57. The zero-order valence-corrected chi connectivity index (χ0v) is 5.55. The van der Waals surface area contributed by atoms with E-state index in [9.17, 15) is 4.79 Å². The highest BCUT2D eigenvalue weighted by Crippen LogP contribution is 1.80. The third-order valence-electron chi connectivity index (χ3n) is 0.813. The van der Waals surface area contributed by atoms with E-state index in [0.717, 1.165) is 6.21 Å². The molecular formula is C6H10N2O2. The maximum absolute atomic E-state index is 10.6. The van der Waals surface area contributed by atoms with Crippen LogP contribution in [0.1, 0.15) is 6.42 Å². The van der Waals surface area contributed by atoms with E-state index in [1.807, 2.05) is 0 Å². The molecule has 0 aromatic carbocycles. The number of hydrogen-bond acceptors (Lipinski definition) is 3. The van der Waals surface area contributed by atoms with Crippen molar-refractivity contribution in [3.05, 3.63) is 12.3 Å². The maximum atomic E-state index is 10.6. The largest absolute Gasteiger partial charge is 0.396 e. The fourth-order valence-electron chi connectivity index (χ4n) is 0.379. The van der Waals surface area contributed by atoms with Gasteiger partial charge in [-0.15, -0.1) is 0 Å². The fraction of sp³-hybridized carbons (Fsp3) is 0.333. The van der Waals surface area contributed by atoms with Crippen molar-refractivity contribution in [3.63, 3.8) is 0 Å². The first-order valence-corrected chi connectivity index (χ1v) is 2.80. The van der Waals surface area contributed by atoms with Crippen LogP contribution in [0.2, 0.25) is 0 Å². The van der Waals surface area contributed by atoms with E-state index in [4.69, 9.17) is 10.5 Å². The topological polar surface area (TPSA) is 73.2 Å². The molecule has 3 N–H and O–H groups in total. The standard InChI is InChI=1S/C6H10N2O2/c1-5(4-7)8-6(10)2-3-9/h4,7,9H,1-3H2,(H,8,10). The SMILES string of the molecule is C=C(C=N)NC(=O)CCO. The minimum atomic E-state index is -0.323. The Morgan fingerprint density at radius 1 is 1.80 bits per heavy atom. The van der Waals surface area contributed by atoms with Crippen molar-refractivity contribution in [2.24, 2.45) is 0 Å². The molecule has 0 bridgehead atoms. The minimum absolute atomic E-state index is 0.0485. The number of rotatable bonds is 4. The van der Waals surface area contributed by atoms with E-state index in [-0.39, 0.29) is 24.6 Å². The first-order valence-electron chi connectivity index (χ1n) is 2.80. The van der Waals surface area contributed by atoms with Crippen molar-refractivity contribution in [1.82, 2.24) is 5.32 Å². The Kier molecular flexibility index (Phi) is 4.15. The van der Waals surface area contributed by atoms with Gasteiger partial charge in [-0.1, -0.05) is 6.58 Å². The molecule has 0 aromatic rings. The van der Waals surface area contributed by atoms with Crippen LogP contribution in [0.25, 0.3) is 0 Å². The molecule has 0 rings (SSSR count). The lowest BCUT2D eigenvalue weighted by atomic mass is 10.4. The van der Waals surface area contributed by atoms with Gasteiger partial charge >= 0.3 is 0 Å². The number of carbonyl (C=O) groups excluding carboxylic acids is 1. The molecule has 0 aliphatic rings. The summed E-state index contributed by atoms with van der Waals surface area (Å²) in [6.07, 6.45) is 0.988. The normalized spacial score (nSPS) is 8.50. The van der Waals surface area contributed by atoms with Crippen LogP contribution in [0, 0.1) is 5.41 Å². The molecule has 0 spiro atoms. The molecular weight excluding hydrogens is 132 g/mol. The van der Waals surface area contributed by atoms with Gasteiger partial charge in [0.15, 0.2) is 0 Å². The number of aliphatic hydroxyl groups excluding tert-OH is 1. The van der Waals surface area contributed by atoms with Gasteiger partial charge in [-0.25, -0.2) is 0 Å². The van der Waals surface area contributed by atoms with E-state index in [1.165, 1.54) is 0 Å². The van der Waals surface area contributed by atoms with Gasteiger partial charge in [-0.2, -0.15) is 0 Å². The number of hydrogen-bond donors (Lipinski definition) is 3. The van der Waals surface area contributed by atoms with E-state index < -0.39 is 0 Å². The summed E-state index contributed by atoms with van der Waals surface area (Å²) in [5.74, 6) is -0.323. The summed E-state index contributed by atoms with van der Waals surface area (Å²) in [6.45, 7) is 3.16. The van der Waals surface area contributed by atoms with Crippen molar-refractivity contribution >= 4 is 12.1 Å². The van der Waals surface area contributed by atoms with Gasteiger partial charge in [0.25, 0.3) is 0 Å². The average Bonchev–Trinajstić information content (AvgIpc) is 1.88. The average molecular weight is 142 g/mol. The lowest BCUT2D eigenvalue weighted by Crippen LogP contribution is -2.23. The summed E-state index contributed by atoms with van der Waals surface area (Å²) in [5.41, 5.74) is 0.235. The predicted molar refractivity (Wildman–Crippen MR) is 37.8 cm³/mol. The Labute approximate surface area is 59.1 Å². The lowest BCUT2D eigenvalue weighted by Gasteiger charge is -1.99. The summed E-state index contributed by atoms with van der Waals surface area (Å²) in [7, 11) is 0. The molecule has 0 atom stereocenters. The summed E-state index contributed by atoms with van der Waals surface area (Å²) in [4.78, 5) is 10.6. The molecule has 1 amide bonds. The van der Waals surface area contributed by atoms with Crippen LogP contribution < -0.4 is 5.32 Å². The molecule has 0 unspecified atom stereocenters. The quantitative estimate of drug-likeness (QED) is 0.469. The molecule has 0 saturated heterocycles. The second kappa shape index (κ2) is 4.69. The number of allylic oxidation sites excluding steroid dienone is 1. The third kappa shape index (κ3) is 3.80. The Hall–Kier alpha value is -1.16. The van der Waals surface area contributed by atoms with Crippen molar-refractivity contribution in [1.29, 1.82) is 5.41 Å². The molecule has 0 heterocycles. The van der Waals surface area contributed by atoms with Gasteiger partial charge < -0.3 is 15.8 Å². The highest BCUT2D eigenvalue weighted by atomic mass is 16.3. The summed E-state index contributed by atoms with van der Waals surface area (Å²) >= 11 is 0. The molecule has 0 aliphatic heterocycles. The summed E-state index contributed by atoms with van der Waals surface area (Å²) < 4.78 is 0. The number of carbonyl (C=O) groups is 1. The molecule has 4 heteroatoms. The fourth-order valence-corrected chi connectivity index (χ4v) is 0.379. The first kappa shape index (κ1) is 8.84.